The van der Waals surface area contributed by atoms with E-state index >= 15 is 0 Å². The topological polar surface area (TPSA) is 58.6 Å². The molecule has 0 bridgehead atoms. The molecule has 4 nitrogen and oxygen atoms in total. The lowest BCUT2D eigenvalue weighted by Gasteiger charge is -2.22. The minimum Gasteiger partial charge on any atom is -0.444 e. The number of aliphatic hydroxyl groups excluding tert-OH is 1. The second-order valence-electron chi connectivity index (χ2n) is 4.75. The van der Waals surface area contributed by atoms with E-state index in [-0.39, 0.29) is 12.6 Å². The van der Waals surface area contributed by atoms with Gasteiger partial charge in [-0.2, -0.15) is 0 Å². The van der Waals surface area contributed by atoms with Gasteiger partial charge in [-0.15, -0.1) is 6.58 Å². The van der Waals surface area contributed by atoms with Gasteiger partial charge in [0.2, 0.25) is 0 Å². The van der Waals surface area contributed by atoms with Crippen molar-refractivity contribution in [2.75, 3.05) is 6.61 Å². The van der Waals surface area contributed by atoms with Gasteiger partial charge in [0, 0.05) is 0 Å². The number of hydrogen-bond acceptors (Lipinski definition) is 3. The Labute approximate surface area is 97.7 Å². The molecule has 0 radical (unpaired) electrons. The molecule has 0 saturated heterocycles. The molecule has 0 aromatic carbocycles. The van der Waals surface area contributed by atoms with Gasteiger partial charge in [0.15, 0.2) is 0 Å². The smallest absolute Gasteiger partial charge is 0.407 e. The fraction of sp³-hybridized carbons (Fsp3) is 0.750. The highest BCUT2D eigenvalue weighted by molar-refractivity contribution is 5.68. The van der Waals surface area contributed by atoms with E-state index in [1.165, 1.54) is 0 Å². The molecule has 0 rings (SSSR count). The molecule has 1 unspecified atom stereocenters. The van der Waals surface area contributed by atoms with Crippen LogP contribution in [-0.4, -0.2) is 29.4 Å². The number of hydrogen-bond donors (Lipinski definition) is 2. The summed E-state index contributed by atoms with van der Waals surface area (Å²) in [5.41, 5.74) is -0.509. The van der Waals surface area contributed by atoms with Crippen molar-refractivity contribution in [2.45, 2.75) is 51.7 Å². The van der Waals surface area contributed by atoms with Crippen LogP contribution in [0.4, 0.5) is 4.79 Å². The summed E-state index contributed by atoms with van der Waals surface area (Å²) in [6.45, 7) is 8.96. The van der Waals surface area contributed by atoms with E-state index in [0.29, 0.717) is 0 Å². The van der Waals surface area contributed by atoms with E-state index in [4.69, 9.17) is 9.84 Å². The second-order valence-corrected chi connectivity index (χ2v) is 4.75. The first-order valence-corrected chi connectivity index (χ1v) is 5.60. The van der Waals surface area contributed by atoms with Gasteiger partial charge >= 0.3 is 6.09 Å². The normalized spacial score (nSPS) is 13.0. The first-order chi connectivity index (χ1) is 7.39. The van der Waals surface area contributed by atoms with Gasteiger partial charge in [-0.05, 0) is 40.0 Å². The third-order valence-corrected chi connectivity index (χ3v) is 1.90. The zero-order valence-corrected chi connectivity index (χ0v) is 10.5. The maximum Gasteiger partial charge on any atom is 0.407 e. The molecule has 0 aliphatic heterocycles. The third-order valence-electron chi connectivity index (χ3n) is 1.90. The average molecular weight is 229 g/mol. The SMILES string of the molecule is C=CCCCC(CO)NC(=O)OC(C)(C)C. The van der Waals surface area contributed by atoms with Crippen LogP contribution in [0, 0.1) is 0 Å². The van der Waals surface area contributed by atoms with Crippen molar-refractivity contribution in [1.82, 2.24) is 5.32 Å². The largest absolute Gasteiger partial charge is 0.444 e. The predicted octanol–water partition coefficient (Wildman–Crippen LogP) is 2.23. The molecule has 0 spiro atoms. The lowest BCUT2D eigenvalue weighted by Crippen LogP contribution is -2.40. The summed E-state index contributed by atoms with van der Waals surface area (Å²) < 4.78 is 5.10. The molecular formula is C12H23NO3. The van der Waals surface area contributed by atoms with Crippen molar-refractivity contribution < 1.29 is 14.6 Å². The summed E-state index contributed by atoms with van der Waals surface area (Å²) in [5, 5.41) is 11.7. The summed E-state index contributed by atoms with van der Waals surface area (Å²) in [6.07, 6.45) is 3.84. The Morgan fingerprint density at radius 2 is 2.19 bits per heavy atom. The summed E-state index contributed by atoms with van der Waals surface area (Å²) in [7, 11) is 0. The van der Waals surface area contributed by atoms with E-state index in [9.17, 15) is 4.79 Å². The Bertz CT molecular complexity index is 221. The van der Waals surface area contributed by atoms with Crippen molar-refractivity contribution >= 4 is 6.09 Å². The van der Waals surface area contributed by atoms with Crippen molar-refractivity contribution in [3.8, 4) is 0 Å². The van der Waals surface area contributed by atoms with Gasteiger partial charge in [0.1, 0.15) is 5.60 Å². The minimum atomic E-state index is -0.509. The number of ether oxygens (including phenoxy) is 1. The molecule has 0 aliphatic carbocycles. The molecule has 0 aromatic rings. The summed E-state index contributed by atoms with van der Waals surface area (Å²) in [5.74, 6) is 0. The number of allylic oxidation sites excluding steroid dienone is 1. The molecule has 0 aliphatic rings. The van der Waals surface area contributed by atoms with Gasteiger partial charge in [0.05, 0.1) is 12.6 Å². The van der Waals surface area contributed by atoms with E-state index in [1.54, 1.807) is 20.8 Å². The van der Waals surface area contributed by atoms with Crippen molar-refractivity contribution in [2.24, 2.45) is 0 Å². The minimum absolute atomic E-state index is 0.0730. The number of aliphatic hydroxyl groups is 1. The maximum atomic E-state index is 11.4. The predicted molar refractivity (Wildman–Crippen MR) is 64.3 cm³/mol. The van der Waals surface area contributed by atoms with Crippen LogP contribution >= 0.6 is 0 Å². The second kappa shape index (κ2) is 7.28. The highest BCUT2D eigenvalue weighted by Crippen LogP contribution is 2.08. The summed E-state index contributed by atoms with van der Waals surface area (Å²) in [4.78, 5) is 11.4. The van der Waals surface area contributed by atoms with Crippen molar-refractivity contribution in [1.29, 1.82) is 0 Å². The van der Waals surface area contributed by atoms with Crippen molar-refractivity contribution in [3.05, 3.63) is 12.7 Å². The lowest BCUT2D eigenvalue weighted by molar-refractivity contribution is 0.0478. The highest BCUT2D eigenvalue weighted by atomic mass is 16.6. The van der Waals surface area contributed by atoms with Crippen molar-refractivity contribution in [3.63, 3.8) is 0 Å². The Morgan fingerprint density at radius 1 is 1.56 bits per heavy atom. The standard InChI is InChI=1S/C12H23NO3/c1-5-6-7-8-10(9-14)13-11(15)16-12(2,3)4/h5,10,14H,1,6-9H2,2-4H3,(H,13,15). The zero-order valence-electron chi connectivity index (χ0n) is 10.5. The Morgan fingerprint density at radius 3 is 2.62 bits per heavy atom. The van der Waals surface area contributed by atoms with E-state index in [0.717, 1.165) is 19.3 Å². The maximum absolute atomic E-state index is 11.4. The van der Waals surface area contributed by atoms with Gasteiger partial charge in [-0.1, -0.05) is 6.08 Å². The lowest BCUT2D eigenvalue weighted by atomic mass is 10.1. The number of carbonyl (C=O) groups excluding carboxylic acids is 1. The van der Waals surface area contributed by atoms with Gasteiger partial charge in [-0.3, -0.25) is 0 Å². The Balaban J connectivity index is 3.92. The Kier molecular flexibility index (Phi) is 6.81. The molecule has 4 heteroatoms. The van der Waals surface area contributed by atoms with Gasteiger partial charge in [-0.25, -0.2) is 4.79 Å². The molecule has 0 saturated carbocycles. The average Bonchev–Trinajstić information content (AvgIpc) is 2.13. The molecule has 1 atom stereocenters. The molecule has 16 heavy (non-hydrogen) atoms. The molecule has 0 heterocycles. The van der Waals surface area contributed by atoms with Gasteiger partial charge in [0.25, 0.3) is 0 Å². The number of carbonyl (C=O) groups is 1. The van der Waals surface area contributed by atoms with Crippen LogP contribution in [0.1, 0.15) is 40.0 Å². The highest BCUT2D eigenvalue weighted by Gasteiger charge is 2.18. The molecule has 2 N–H and O–H groups in total. The third kappa shape index (κ3) is 8.29. The molecule has 0 aromatic heterocycles. The van der Waals surface area contributed by atoms with Crippen LogP contribution < -0.4 is 5.32 Å². The van der Waals surface area contributed by atoms with E-state index in [1.807, 2.05) is 6.08 Å². The quantitative estimate of drug-likeness (QED) is 0.542. The number of amides is 1. The van der Waals surface area contributed by atoms with Crippen LogP contribution in [0.3, 0.4) is 0 Å². The number of unbranched alkanes of at least 4 members (excludes halogenated alkanes) is 1. The van der Waals surface area contributed by atoms with Crippen LogP contribution in [0.25, 0.3) is 0 Å². The van der Waals surface area contributed by atoms with E-state index < -0.39 is 11.7 Å². The summed E-state index contributed by atoms with van der Waals surface area (Å²) >= 11 is 0. The number of rotatable bonds is 6. The van der Waals surface area contributed by atoms with E-state index in [2.05, 4.69) is 11.9 Å². The first kappa shape index (κ1) is 15.0. The fourth-order valence-electron chi connectivity index (χ4n) is 1.19. The van der Waals surface area contributed by atoms with Crippen LogP contribution in [0.5, 0.6) is 0 Å². The van der Waals surface area contributed by atoms with Crippen LogP contribution in [0.2, 0.25) is 0 Å². The van der Waals surface area contributed by atoms with Crippen LogP contribution in [0.15, 0.2) is 12.7 Å². The number of nitrogens with one attached hydrogen (secondary N) is 1. The Hall–Kier alpha value is -1.03. The molecular weight excluding hydrogens is 206 g/mol. The summed E-state index contributed by atoms with van der Waals surface area (Å²) in [6, 6.07) is -0.241. The van der Waals surface area contributed by atoms with Crippen LogP contribution in [-0.2, 0) is 4.74 Å². The molecule has 0 fully saturated rings. The zero-order chi connectivity index (χ0) is 12.6. The molecule has 1 amide bonds. The van der Waals surface area contributed by atoms with Gasteiger partial charge < -0.3 is 15.2 Å². The number of alkyl carbamates (subject to hydrolysis) is 1. The fourth-order valence-corrected chi connectivity index (χ4v) is 1.19. The monoisotopic (exact) mass is 229 g/mol. The first-order valence-electron chi connectivity index (χ1n) is 5.60. The molecule has 94 valence electrons.